The molecule has 0 aliphatic carbocycles. The molecule has 0 aliphatic rings. The average Bonchev–Trinajstić information content (AvgIpc) is 2.62. The predicted octanol–water partition coefficient (Wildman–Crippen LogP) is 1.37. The number of pyridine rings is 1. The van der Waals surface area contributed by atoms with E-state index in [1.807, 2.05) is 30.3 Å². The van der Waals surface area contributed by atoms with Gasteiger partial charge in [-0.05, 0) is 35.7 Å². The Bertz CT molecular complexity index is 934. The summed E-state index contributed by atoms with van der Waals surface area (Å²) in [5.41, 5.74) is 11.7. The van der Waals surface area contributed by atoms with E-state index in [4.69, 9.17) is 20.9 Å². The van der Waals surface area contributed by atoms with Crippen molar-refractivity contribution in [3.8, 4) is 11.5 Å². The van der Waals surface area contributed by atoms with Crippen LogP contribution in [0.15, 0.2) is 41.2 Å². The van der Waals surface area contributed by atoms with E-state index in [1.165, 1.54) is 0 Å². The number of benzene rings is 2. The molecule has 0 atom stereocenters. The first-order valence-electron chi connectivity index (χ1n) is 7.88. The molecule has 0 saturated heterocycles. The van der Waals surface area contributed by atoms with Gasteiger partial charge in [-0.2, -0.15) is 0 Å². The van der Waals surface area contributed by atoms with Crippen LogP contribution in [0.3, 0.4) is 0 Å². The second-order valence-corrected chi connectivity index (χ2v) is 5.52. The van der Waals surface area contributed by atoms with Gasteiger partial charge in [-0.15, -0.1) is 0 Å². The lowest BCUT2D eigenvalue weighted by atomic mass is 10.1. The summed E-state index contributed by atoms with van der Waals surface area (Å²) < 4.78 is 12.7. The van der Waals surface area contributed by atoms with Gasteiger partial charge in [0.25, 0.3) is 5.56 Å². The Morgan fingerprint density at radius 3 is 2.08 bits per heavy atom. The highest BCUT2D eigenvalue weighted by Crippen LogP contribution is 2.28. The van der Waals surface area contributed by atoms with Gasteiger partial charge in [0.2, 0.25) is 0 Å². The molecule has 0 spiro atoms. The zero-order valence-corrected chi connectivity index (χ0v) is 13.6. The maximum absolute atomic E-state index is 12.7. The Labute approximate surface area is 139 Å². The maximum Gasteiger partial charge on any atom is 0.258 e. The van der Waals surface area contributed by atoms with Gasteiger partial charge in [0.15, 0.2) is 0 Å². The van der Waals surface area contributed by atoms with Crippen LogP contribution in [-0.2, 0) is 7.05 Å². The first-order chi connectivity index (χ1) is 11.7. The Morgan fingerprint density at radius 2 is 1.46 bits per heavy atom. The standard InChI is InChI=1S/C18H21N3O3/c1-21-17-11-13(24-9-7-20)3-5-15(17)14-4-2-12(23-8-6-19)10-16(14)18(21)22/h2-5,10-11H,6-9,19-20H2,1H3. The van der Waals surface area contributed by atoms with Gasteiger partial charge in [-0.1, -0.05) is 0 Å². The van der Waals surface area contributed by atoms with E-state index in [9.17, 15) is 4.79 Å². The molecule has 3 aromatic rings. The van der Waals surface area contributed by atoms with Crippen molar-refractivity contribution in [1.82, 2.24) is 4.57 Å². The molecule has 6 heteroatoms. The summed E-state index contributed by atoms with van der Waals surface area (Å²) in [6, 6.07) is 11.3. The van der Waals surface area contributed by atoms with Crippen LogP contribution >= 0.6 is 0 Å². The quantitative estimate of drug-likeness (QED) is 0.667. The fourth-order valence-electron chi connectivity index (χ4n) is 2.78. The number of fused-ring (bicyclic) bond motifs is 3. The highest BCUT2D eigenvalue weighted by atomic mass is 16.5. The molecule has 0 bridgehead atoms. The van der Waals surface area contributed by atoms with E-state index in [2.05, 4.69) is 0 Å². The molecule has 3 rings (SSSR count). The van der Waals surface area contributed by atoms with Crippen LogP contribution in [0.25, 0.3) is 21.7 Å². The minimum atomic E-state index is -0.0772. The van der Waals surface area contributed by atoms with Crippen LogP contribution < -0.4 is 26.5 Å². The molecule has 24 heavy (non-hydrogen) atoms. The number of rotatable bonds is 6. The van der Waals surface area contributed by atoms with Crippen molar-refractivity contribution in [2.24, 2.45) is 18.5 Å². The second kappa shape index (κ2) is 6.90. The topological polar surface area (TPSA) is 92.5 Å². The molecule has 1 heterocycles. The number of hydrogen-bond donors (Lipinski definition) is 2. The number of aryl methyl sites for hydroxylation is 1. The van der Waals surface area contributed by atoms with E-state index in [0.29, 0.717) is 43.2 Å². The van der Waals surface area contributed by atoms with Crippen molar-refractivity contribution in [1.29, 1.82) is 0 Å². The number of nitrogens with zero attached hydrogens (tertiary/aromatic N) is 1. The molecule has 2 aromatic carbocycles. The molecule has 0 saturated carbocycles. The molecule has 0 aliphatic heterocycles. The number of aromatic nitrogens is 1. The predicted molar refractivity (Wildman–Crippen MR) is 95.8 cm³/mol. The molecule has 6 nitrogen and oxygen atoms in total. The van der Waals surface area contributed by atoms with E-state index in [-0.39, 0.29) is 5.56 Å². The van der Waals surface area contributed by atoms with Gasteiger partial charge in [-0.25, -0.2) is 0 Å². The molecule has 0 amide bonds. The molecule has 1 aromatic heterocycles. The van der Waals surface area contributed by atoms with E-state index >= 15 is 0 Å². The Balaban J connectivity index is 2.18. The van der Waals surface area contributed by atoms with Crippen molar-refractivity contribution in [3.63, 3.8) is 0 Å². The van der Waals surface area contributed by atoms with Gasteiger partial charge < -0.3 is 25.5 Å². The van der Waals surface area contributed by atoms with Gasteiger partial charge in [-0.3, -0.25) is 4.79 Å². The zero-order valence-electron chi connectivity index (χ0n) is 13.6. The molecule has 0 unspecified atom stereocenters. The first kappa shape index (κ1) is 16.3. The highest BCUT2D eigenvalue weighted by Gasteiger charge is 2.10. The lowest BCUT2D eigenvalue weighted by Gasteiger charge is -2.12. The number of hydrogen-bond acceptors (Lipinski definition) is 5. The van der Waals surface area contributed by atoms with Crippen molar-refractivity contribution in [2.75, 3.05) is 26.3 Å². The monoisotopic (exact) mass is 327 g/mol. The van der Waals surface area contributed by atoms with Crippen LogP contribution in [-0.4, -0.2) is 30.9 Å². The Kier molecular flexibility index (Phi) is 4.69. The van der Waals surface area contributed by atoms with Crippen LogP contribution in [0, 0.1) is 0 Å². The molecular weight excluding hydrogens is 306 g/mol. The minimum absolute atomic E-state index is 0.0772. The Hall–Kier alpha value is -2.57. The summed E-state index contributed by atoms with van der Waals surface area (Å²) >= 11 is 0. The normalized spacial score (nSPS) is 11.1. The van der Waals surface area contributed by atoms with Crippen LogP contribution in [0.1, 0.15) is 0 Å². The summed E-state index contributed by atoms with van der Waals surface area (Å²) in [5.74, 6) is 1.34. The van der Waals surface area contributed by atoms with Crippen LogP contribution in [0.2, 0.25) is 0 Å². The molecular formula is C18H21N3O3. The van der Waals surface area contributed by atoms with Gasteiger partial charge in [0, 0.05) is 31.6 Å². The number of ether oxygens (including phenoxy) is 2. The van der Waals surface area contributed by atoms with Crippen molar-refractivity contribution in [3.05, 3.63) is 46.8 Å². The van der Waals surface area contributed by atoms with Crippen LogP contribution in [0.4, 0.5) is 0 Å². The summed E-state index contributed by atoms with van der Waals surface area (Å²) in [5, 5.41) is 2.49. The molecule has 0 radical (unpaired) electrons. The maximum atomic E-state index is 12.7. The third-order valence-corrected chi connectivity index (χ3v) is 3.92. The summed E-state index contributed by atoms with van der Waals surface area (Å²) in [4.78, 5) is 12.7. The first-order valence-corrected chi connectivity index (χ1v) is 7.88. The third kappa shape index (κ3) is 2.93. The van der Waals surface area contributed by atoms with E-state index in [0.717, 1.165) is 16.3 Å². The third-order valence-electron chi connectivity index (χ3n) is 3.92. The zero-order chi connectivity index (χ0) is 17.1. The fraction of sp³-hybridized carbons (Fsp3) is 0.278. The SMILES string of the molecule is Cn1c(=O)c2cc(OCCN)ccc2c2ccc(OCCN)cc21. The summed E-state index contributed by atoms with van der Waals surface area (Å²) in [7, 11) is 1.75. The molecule has 4 N–H and O–H groups in total. The van der Waals surface area contributed by atoms with Crippen LogP contribution in [0.5, 0.6) is 11.5 Å². The summed E-state index contributed by atoms with van der Waals surface area (Å²) in [6.45, 7) is 1.73. The largest absolute Gasteiger partial charge is 0.492 e. The minimum Gasteiger partial charge on any atom is -0.492 e. The highest BCUT2D eigenvalue weighted by molar-refractivity contribution is 6.06. The summed E-state index contributed by atoms with van der Waals surface area (Å²) in [6.07, 6.45) is 0. The van der Waals surface area contributed by atoms with Crippen molar-refractivity contribution < 1.29 is 9.47 Å². The lowest BCUT2D eigenvalue weighted by molar-refractivity contribution is 0.328. The van der Waals surface area contributed by atoms with Crippen molar-refractivity contribution in [2.45, 2.75) is 0 Å². The average molecular weight is 327 g/mol. The van der Waals surface area contributed by atoms with Gasteiger partial charge in [0.05, 0.1) is 10.9 Å². The van der Waals surface area contributed by atoms with Crippen molar-refractivity contribution >= 4 is 21.7 Å². The molecule has 0 fully saturated rings. The smallest absolute Gasteiger partial charge is 0.258 e. The molecule has 126 valence electrons. The van der Waals surface area contributed by atoms with Gasteiger partial charge >= 0.3 is 0 Å². The number of nitrogens with two attached hydrogens (primary N) is 2. The Morgan fingerprint density at radius 1 is 0.875 bits per heavy atom. The van der Waals surface area contributed by atoms with Gasteiger partial charge in [0.1, 0.15) is 24.7 Å². The van der Waals surface area contributed by atoms with E-state index < -0.39 is 0 Å². The second-order valence-electron chi connectivity index (χ2n) is 5.52. The fourth-order valence-corrected chi connectivity index (χ4v) is 2.78. The van der Waals surface area contributed by atoms with E-state index in [1.54, 1.807) is 17.7 Å². The lowest BCUT2D eigenvalue weighted by Crippen LogP contribution is -2.18.